The third-order valence-corrected chi connectivity index (χ3v) is 3.03. The quantitative estimate of drug-likeness (QED) is 0.701. The van der Waals surface area contributed by atoms with Gasteiger partial charge in [-0.2, -0.15) is 0 Å². The molecule has 0 amide bonds. The summed E-state index contributed by atoms with van der Waals surface area (Å²) in [6.45, 7) is 8.48. The largest absolute Gasteiger partial charge is 0.461 e. The zero-order valence-corrected chi connectivity index (χ0v) is 11.8. The fourth-order valence-corrected chi connectivity index (χ4v) is 2.07. The summed E-state index contributed by atoms with van der Waals surface area (Å²) in [6.07, 6.45) is 3.73. The van der Waals surface area contributed by atoms with Crippen LogP contribution in [0.5, 0.6) is 0 Å². The molecule has 0 fully saturated rings. The molecule has 1 aromatic rings. The van der Waals surface area contributed by atoms with Crippen LogP contribution in [0.2, 0.25) is 0 Å². The molecule has 102 valence electrons. The van der Waals surface area contributed by atoms with E-state index in [9.17, 15) is 4.79 Å². The topological polar surface area (TPSA) is 57.0 Å². The van der Waals surface area contributed by atoms with Gasteiger partial charge in [0.05, 0.1) is 18.3 Å². The summed E-state index contributed by atoms with van der Waals surface area (Å²) in [5.41, 5.74) is 1.29. The van der Waals surface area contributed by atoms with Crippen LogP contribution in [0.4, 0.5) is 0 Å². The van der Waals surface area contributed by atoms with Crippen molar-refractivity contribution in [2.75, 3.05) is 6.61 Å². The lowest BCUT2D eigenvalue weighted by molar-refractivity contribution is 0.0518. The van der Waals surface area contributed by atoms with Gasteiger partial charge in [-0.25, -0.2) is 9.48 Å². The van der Waals surface area contributed by atoms with Crippen molar-refractivity contribution in [3.63, 3.8) is 0 Å². The predicted octanol–water partition coefficient (Wildman–Crippen LogP) is 2.77. The average molecular weight is 253 g/mol. The molecule has 0 aliphatic carbocycles. The summed E-state index contributed by atoms with van der Waals surface area (Å²) in [5.74, 6) is -0.363. The Balaban J connectivity index is 3.09. The smallest absolute Gasteiger partial charge is 0.360 e. The van der Waals surface area contributed by atoms with Crippen LogP contribution >= 0.6 is 0 Å². The third kappa shape index (κ3) is 3.09. The van der Waals surface area contributed by atoms with Crippen LogP contribution in [0.1, 0.15) is 69.2 Å². The lowest BCUT2D eigenvalue weighted by atomic mass is 10.1. The van der Waals surface area contributed by atoms with Crippen molar-refractivity contribution in [1.82, 2.24) is 15.0 Å². The molecule has 0 radical (unpaired) electrons. The number of ether oxygens (including phenoxy) is 1. The summed E-state index contributed by atoms with van der Waals surface area (Å²) >= 11 is 0. The first-order valence-corrected chi connectivity index (χ1v) is 6.80. The number of hydrogen-bond donors (Lipinski definition) is 0. The lowest BCUT2D eigenvalue weighted by Crippen LogP contribution is -2.14. The lowest BCUT2D eigenvalue weighted by Gasteiger charge is -2.15. The van der Waals surface area contributed by atoms with Crippen LogP contribution in [0.25, 0.3) is 0 Å². The zero-order valence-electron chi connectivity index (χ0n) is 11.8. The van der Waals surface area contributed by atoms with E-state index < -0.39 is 0 Å². The van der Waals surface area contributed by atoms with E-state index in [1.54, 1.807) is 6.92 Å². The van der Waals surface area contributed by atoms with E-state index in [0.717, 1.165) is 31.4 Å². The second-order valence-electron chi connectivity index (χ2n) is 4.27. The average Bonchev–Trinajstić information content (AvgIpc) is 2.76. The van der Waals surface area contributed by atoms with Crippen molar-refractivity contribution >= 4 is 5.97 Å². The molecule has 0 unspecified atom stereocenters. The van der Waals surface area contributed by atoms with Gasteiger partial charge in [-0.1, -0.05) is 32.4 Å². The van der Waals surface area contributed by atoms with Crippen molar-refractivity contribution in [3.8, 4) is 0 Å². The van der Waals surface area contributed by atoms with E-state index in [0.29, 0.717) is 18.3 Å². The second kappa shape index (κ2) is 7.13. The summed E-state index contributed by atoms with van der Waals surface area (Å²) in [7, 11) is 0. The number of nitrogens with zero attached hydrogens (tertiary/aromatic N) is 3. The van der Waals surface area contributed by atoms with Crippen LogP contribution in [0.15, 0.2) is 0 Å². The van der Waals surface area contributed by atoms with Crippen LogP contribution in [0, 0.1) is 0 Å². The van der Waals surface area contributed by atoms with Crippen molar-refractivity contribution in [3.05, 3.63) is 11.4 Å². The van der Waals surface area contributed by atoms with Gasteiger partial charge in [-0.05, 0) is 26.2 Å². The Hall–Kier alpha value is -1.39. The molecule has 0 N–H and O–H groups in total. The highest BCUT2D eigenvalue weighted by molar-refractivity contribution is 5.88. The van der Waals surface area contributed by atoms with E-state index in [1.807, 2.05) is 4.68 Å². The molecule has 18 heavy (non-hydrogen) atoms. The Morgan fingerprint density at radius 3 is 2.44 bits per heavy atom. The Kier molecular flexibility index (Phi) is 5.82. The van der Waals surface area contributed by atoms with Crippen molar-refractivity contribution < 1.29 is 9.53 Å². The first-order chi connectivity index (χ1) is 8.69. The minimum absolute atomic E-state index is 0.308. The molecule has 0 bridgehead atoms. The molecule has 0 saturated carbocycles. The summed E-state index contributed by atoms with van der Waals surface area (Å²) in [5, 5.41) is 8.15. The van der Waals surface area contributed by atoms with Gasteiger partial charge in [0.25, 0.3) is 0 Å². The maximum atomic E-state index is 11.8. The molecular weight excluding hydrogens is 230 g/mol. The maximum absolute atomic E-state index is 11.8. The summed E-state index contributed by atoms with van der Waals surface area (Å²) in [6, 6.07) is 0.308. The Morgan fingerprint density at radius 1 is 1.28 bits per heavy atom. The molecule has 1 rings (SSSR count). The molecule has 0 spiro atoms. The van der Waals surface area contributed by atoms with Gasteiger partial charge in [0.15, 0.2) is 5.69 Å². The van der Waals surface area contributed by atoms with Gasteiger partial charge in [0.1, 0.15) is 0 Å². The van der Waals surface area contributed by atoms with E-state index in [1.165, 1.54) is 0 Å². The molecule has 0 aromatic carbocycles. The van der Waals surface area contributed by atoms with E-state index in [2.05, 4.69) is 31.1 Å². The van der Waals surface area contributed by atoms with Gasteiger partial charge >= 0.3 is 5.97 Å². The highest BCUT2D eigenvalue weighted by Gasteiger charge is 2.22. The van der Waals surface area contributed by atoms with Crippen molar-refractivity contribution in [2.45, 2.75) is 59.4 Å². The first-order valence-electron chi connectivity index (χ1n) is 6.80. The van der Waals surface area contributed by atoms with E-state index >= 15 is 0 Å². The Bertz CT molecular complexity index is 384. The monoisotopic (exact) mass is 253 g/mol. The SMILES string of the molecule is CCCc1c(C(=O)OCC)nnn1C(CC)CC. The molecule has 0 aliphatic heterocycles. The number of carbonyl (C=O) groups is 1. The van der Waals surface area contributed by atoms with Crippen LogP contribution in [-0.4, -0.2) is 27.6 Å². The van der Waals surface area contributed by atoms with Crippen LogP contribution in [0.3, 0.4) is 0 Å². The summed E-state index contributed by atoms with van der Waals surface area (Å²) < 4.78 is 6.92. The predicted molar refractivity (Wildman–Crippen MR) is 69.6 cm³/mol. The fourth-order valence-electron chi connectivity index (χ4n) is 2.07. The molecular formula is C13H23N3O2. The Morgan fingerprint density at radius 2 is 1.94 bits per heavy atom. The number of carbonyl (C=O) groups excluding carboxylic acids is 1. The van der Waals surface area contributed by atoms with Gasteiger partial charge < -0.3 is 4.74 Å². The van der Waals surface area contributed by atoms with Crippen LogP contribution in [-0.2, 0) is 11.2 Å². The van der Waals surface area contributed by atoms with Crippen molar-refractivity contribution in [1.29, 1.82) is 0 Å². The number of esters is 1. The maximum Gasteiger partial charge on any atom is 0.360 e. The normalized spacial score (nSPS) is 10.9. The van der Waals surface area contributed by atoms with Gasteiger partial charge in [0.2, 0.25) is 0 Å². The molecule has 0 aliphatic rings. The molecule has 5 nitrogen and oxygen atoms in total. The minimum atomic E-state index is -0.363. The second-order valence-corrected chi connectivity index (χ2v) is 4.27. The number of aromatic nitrogens is 3. The fraction of sp³-hybridized carbons (Fsp3) is 0.769. The first kappa shape index (κ1) is 14.7. The van der Waals surface area contributed by atoms with Gasteiger partial charge in [-0.3, -0.25) is 0 Å². The molecule has 1 heterocycles. The zero-order chi connectivity index (χ0) is 13.5. The van der Waals surface area contributed by atoms with Gasteiger partial charge in [-0.15, -0.1) is 5.10 Å². The molecule has 0 atom stereocenters. The minimum Gasteiger partial charge on any atom is -0.461 e. The third-order valence-electron chi connectivity index (χ3n) is 3.03. The van der Waals surface area contributed by atoms with E-state index in [4.69, 9.17) is 4.74 Å². The molecule has 5 heteroatoms. The Labute approximate surface area is 109 Å². The van der Waals surface area contributed by atoms with Gasteiger partial charge in [0, 0.05) is 0 Å². The van der Waals surface area contributed by atoms with Crippen molar-refractivity contribution in [2.24, 2.45) is 0 Å². The number of hydrogen-bond acceptors (Lipinski definition) is 4. The van der Waals surface area contributed by atoms with Crippen LogP contribution < -0.4 is 0 Å². The highest BCUT2D eigenvalue weighted by atomic mass is 16.5. The molecule has 1 aromatic heterocycles. The standard InChI is InChI=1S/C13H23N3O2/c1-5-9-11-12(13(17)18-8-4)14-15-16(11)10(6-2)7-3/h10H,5-9H2,1-4H3. The molecule has 0 saturated heterocycles. The van der Waals surface area contributed by atoms with E-state index in [-0.39, 0.29) is 5.97 Å². The summed E-state index contributed by atoms with van der Waals surface area (Å²) in [4.78, 5) is 11.8. The number of rotatable bonds is 7. The highest BCUT2D eigenvalue weighted by Crippen LogP contribution is 2.20.